The molecule has 1 amide bonds. The minimum Gasteiger partial charge on any atom is -0.481 e. The summed E-state index contributed by atoms with van der Waals surface area (Å²) in [6.45, 7) is 0.0895. The average Bonchev–Trinajstić information content (AvgIpc) is 3.12. The lowest BCUT2D eigenvalue weighted by molar-refractivity contribution is -0.151. The highest BCUT2D eigenvalue weighted by Crippen LogP contribution is 2.21. The molecule has 0 bridgehead atoms. The second-order valence-corrected chi connectivity index (χ2v) is 6.39. The highest BCUT2D eigenvalue weighted by Gasteiger charge is 2.27. The molecule has 1 aromatic rings. The van der Waals surface area contributed by atoms with Crippen molar-refractivity contribution in [1.29, 1.82) is 0 Å². The number of ether oxygens (including phenoxy) is 2. The fraction of sp³-hybridized carbons (Fsp3) is 0.526. The first-order chi connectivity index (χ1) is 12.5. The van der Waals surface area contributed by atoms with Crippen molar-refractivity contribution in [3.05, 3.63) is 35.9 Å². The van der Waals surface area contributed by atoms with Gasteiger partial charge in [0.2, 0.25) is 0 Å². The van der Waals surface area contributed by atoms with Gasteiger partial charge in [0.15, 0.2) is 0 Å². The Hall–Kier alpha value is -2.57. The molecule has 2 N–H and O–H groups in total. The lowest BCUT2D eigenvalue weighted by Crippen LogP contribution is -2.43. The van der Waals surface area contributed by atoms with Crippen molar-refractivity contribution >= 4 is 18.0 Å². The van der Waals surface area contributed by atoms with Gasteiger partial charge in [-0.05, 0) is 44.1 Å². The van der Waals surface area contributed by atoms with Crippen LogP contribution in [0.5, 0.6) is 0 Å². The Kier molecular flexibility index (Phi) is 7.92. The molecule has 0 heterocycles. The largest absolute Gasteiger partial charge is 0.481 e. The van der Waals surface area contributed by atoms with Crippen molar-refractivity contribution in [2.24, 2.45) is 0 Å². The molecule has 7 nitrogen and oxygen atoms in total. The van der Waals surface area contributed by atoms with Crippen molar-refractivity contribution in [2.75, 3.05) is 0 Å². The SMILES string of the molecule is O=C(O)CCC[C@H](NC(=O)OCc1ccccc1)C(=O)OC1CCCC1. The van der Waals surface area contributed by atoms with E-state index in [1.165, 1.54) is 0 Å². The van der Waals surface area contributed by atoms with Gasteiger partial charge >= 0.3 is 18.0 Å². The van der Waals surface area contributed by atoms with E-state index in [0.717, 1.165) is 31.2 Å². The molecular weight excluding hydrogens is 338 g/mol. The second kappa shape index (κ2) is 10.4. The van der Waals surface area contributed by atoms with Crippen LogP contribution in [0.4, 0.5) is 4.79 Å². The second-order valence-electron chi connectivity index (χ2n) is 6.39. The number of rotatable bonds is 9. The molecule has 1 aliphatic rings. The van der Waals surface area contributed by atoms with Crippen LogP contribution in [0.15, 0.2) is 30.3 Å². The van der Waals surface area contributed by atoms with Crippen molar-refractivity contribution < 1.29 is 29.0 Å². The number of carbonyl (C=O) groups is 3. The molecule has 0 unspecified atom stereocenters. The van der Waals surface area contributed by atoms with Crippen LogP contribution in [0.3, 0.4) is 0 Å². The lowest BCUT2D eigenvalue weighted by atomic mass is 10.1. The summed E-state index contributed by atoms with van der Waals surface area (Å²) in [6, 6.07) is 8.28. The number of carbonyl (C=O) groups excluding carboxylic acids is 2. The van der Waals surface area contributed by atoms with Gasteiger partial charge in [-0.1, -0.05) is 30.3 Å². The van der Waals surface area contributed by atoms with Crippen LogP contribution in [-0.4, -0.2) is 35.3 Å². The van der Waals surface area contributed by atoms with E-state index in [1.54, 1.807) is 0 Å². The minimum atomic E-state index is -0.945. The van der Waals surface area contributed by atoms with Crippen LogP contribution in [0.2, 0.25) is 0 Å². The summed E-state index contributed by atoms with van der Waals surface area (Å²) in [5, 5.41) is 11.3. The molecular formula is C19H25NO6. The zero-order valence-corrected chi connectivity index (χ0v) is 14.7. The Morgan fingerprint density at radius 2 is 1.85 bits per heavy atom. The maximum Gasteiger partial charge on any atom is 0.408 e. The molecule has 1 fully saturated rings. The number of carboxylic acids is 1. The number of esters is 1. The molecule has 7 heteroatoms. The molecule has 0 aliphatic heterocycles. The topological polar surface area (TPSA) is 102 Å². The van der Waals surface area contributed by atoms with Gasteiger partial charge in [-0.2, -0.15) is 0 Å². The summed E-state index contributed by atoms with van der Waals surface area (Å²) in [5.74, 6) is -1.47. The summed E-state index contributed by atoms with van der Waals surface area (Å²) in [6.07, 6.45) is 3.23. The summed E-state index contributed by atoms with van der Waals surface area (Å²) in [5.41, 5.74) is 0.832. The summed E-state index contributed by atoms with van der Waals surface area (Å²) >= 11 is 0. The van der Waals surface area contributed by atoms with E-state index >= 15 is 0 Å². The lowest BCUT2D eigenvalue weighted by Gasteiger charge is -2.20. The van der Waals surface area contributed by atoms with E-state index in [-0.39, 0.29) is 32.0 Å². The van der Waals surface area contributed by atoms with Crippen molar-refractivity contribution in [3.8, 4) is 0 Å². The molecule has 142 valence electrons. The van der Waals surface area contributed by atoms with Crippen LogP contribution < -0.4 is 5.32 Å². The van der Waals surface area contributed by atoms with E-state index in [4.69, 9.17) is 14.6 Å². The zero-order valence-electron chi connectivity index (χ0n) is 14.7. The van der Waals surface area contributed by atoms with Crippen molar-refractivity contribution in [2.45, 2.75) is 63.7 Å². The Morgan fingerprint density at radius 3 is 2.50 bits per heavy atom. The van der Waals surface area contributed by atoms with Crippen molar-refractivity contribution in [1.82, 2.24) is 5.32 Å². The third kappa shape index (κ3) is 7.13. The number of aliphatic carboxylic acids is 1. The fourth-order valence-corrected chi connectivity index (χ4v) is 2.87. The van der Waals surface area contributed by atoms with Gasteiger partial charge in [0.1, 0.15) is 18.8 Å². The number of hydrogen-bond acceptors (Lipinski definition) is 5. The fourth-order valence-electron chi connectivity index (χ4n) is 2.87. The first-order valence-electron chi connectivity index (χ1n) is 8.94. The molecule has 0 aromatic heterocycles. The molecule has 2 rings (SSSR count). The Bertz CT molecular complexity index is 597. The number of carboxylic acid groups (broad SMARTS) is 1. The Morgan fingerprint density at radius 1 is 1.15 bits per heavy atom. The van der Waals surface area contributed by atoms with Crippen LogP contribution in [0.1, 0.15) is 50.5 Å². The maximum atomic E-state index is 12.3. The predicted molar refractivity (Wildman–Crippen MR) is 93.4 cm³/mol. The molecule has 0 spiro atoms. The van der Waals surface area contributed by atoms with E-state index in [2.05, 4.69) is 5.32 Å². The first-order valence-corrected chi connectivity index (χ1v) is 8.94. The Labute approximate surface area is 152 Å². The van der Waals surface area contributed by atoms with Crippen LogP contribution in [0, 0.1) is 0 Å². The van der Waals surface area contributed by atoms with E-state index in [1.807, 2.05) is 30.3 Å². The van der Waals surface area contributed by atoms with Gasteiger partial charge in [-0.3, -0.25) is 4.79 Å². The molecule has 1 atom stereocenters. The van der Waals surface area contributed by atoms with Gasteiger partial charge in [-0.25, -0.2) is 9.59 Å². The number of benzene rings is 1. The minimum absolute atomic E-state index is 0.0754. The van der Waals surface area contributed by atoms with Crippen LogP contribution in [0.25, 0.3) is 0 Å². The monoisotopic (exact) mass is 363 g/mol. The van der Waals surface area contributed by atoms with Crippen LogP contribution >= 0.6 is 0 Å². The normalized spacial score (nSPS) is 15.2. The zero-order chi connectivity index (χ0) is 18.8. The van der Waals surface area contributed by atoms with E-state index in [9.17, 15) is 14.4 Å². The standard InChI is InChI=1S/C19H25NO6/c21-17(22)12-6-11-16(18(23)26-15-9-4-5-10-15)20-19(24)25-13-14-7-2-1-3-8-14/h1-3,7-8,15-16H,4-6,9-13H2,(H,20,24)(H,21,22)/t16-/m0/s1. The number of hydrogen-bond donors (Lipinski definition) is 2. The first kappa shape index (κ1) is 19.8. The maximum absolute atomic E-state index is 12.3. The quantitative estimate of drug-likeness (QED) is 0.654. The van der Waals surface area contributed by atoms with Crippen LogP contribution in [-0.2, 0) is 25.7 Å². The van der Waals surface area contributed by atoms with Crippen molar-refractivity contribution in [3.63, 3.8) is 0 Å². The molecule has 0 radical (unpaired) electrons. The highest BCUT2D eigenvalue weighted by atomic mass is 16.6. The molecule has 1 aliphatic carbocycles. The van der Waals surface area contributed by atoms with Gasteiger partial charge < -0.3 is 19.9 Å². The van der Waals surface area contributed by atoms with Gasteiger partial charge in [0.25, 0.3) is 0 Å². The number of alkyl carbamates (subject to hydrolysis) is 1. The predicted octanol–water partition coefficient (Wildman–Crippen LogP) is 3.02. The third-order valence-electron chi connectivity index (χ3n) is 4.26. The molecule has 1 aromatic carbocycles. The summed E-state index contributed by atoms with van der Waals surface area (Å²) in [4.78, 5) is 35.0. The molecule has 0 saturated heterocycles. The number of amides is 1. The van der Waals surface area contributed by atoms with Gasteiger partial charge in [0.05, 0.1) is 0 Å². The number of nitrogens with one attached hydrogen (secondary N) is 1. The molecule has 1 saturated carbocycles. The Balaban J connectivity index is 1.85. The molecule has 26 heavy (non-hydrogen) atoms. The smallest absolute Gasteiger partial charge is 0.408 e. The average molecular weight is 363 g/mol. The summed E-state index contributed by atoms with van der Waals surface area (Å²) in [7, 11) is 0. The van der Waals surface area contributed by atoms with Gasteiger partial charge in [0, 0.05) is 6.42 Å². The summed E-state index contributed by atoms with van der Waals surface area (Å²) < 4.78 is 10.6. The van der Waals surface area contributed by atoms with E-state index in [0.29, 0.717) is 0 Å². The third-order valence-corrected chi connectivity index (χ3v) is 4.26. The van der Waals surface area contributed by atoms with Gasteiger partial charge in [-0.15, -0.1) is 0 Å². The highest BCUT2D eigenvalue weighted by molar-refractivity contribution is 5.81. The van der Waals surface area contributed by atoms with E-state index < -0.39 is 24.1 Å².